The Bertz CT molecular complexity index is 1060. The zero-order valence-corrected chi connectivity index (χ0v) is 17.0. The van der Waals surface area contributed by atoms with E-state index in [-0.39, 0.29) is 29.3 Å². The number of anilines is 1. The Kier molecular flexibility index (Phi) is 5.75. The Morgan fingerprint density at radius 2 is 1.97 bits per heavy atom. The molecule has 2 aliphatic heterocycles. The highest BCUT2D eigenvalue weighted by atomic mass is 19.1. The quantitative estimate of drug-likeness (QED) is 0.447. The lowest BCUT2D eigenvalue weighted by molar-refractivity contribution is -0.123. The number of benzene rings is 1. The number of carbonyl (C=O) groups is 3. The van der Waals surface area contributed by atoms with Gasteiger partial charge < -0.3 is 19.4 Å². The summed E-state index contributed by atoms with van der Waals surface area (Å²) < 4.78 is 24.5. The summed E-state index contributed by atoms with van der Waals surface area (Å²) in [5.41, 5.74) is 0.980. The van der Waals surface area contributed by atoms with Crippen LogP contribution in [0.4, 0.5) is 14.9 Å². The first-order valence-corrected chi connectivity index (χ1v) is 10.0. The molecule has 3 amide bonds. The molecule has 0 atom stereocenters. The number of carbonyl (C=O) groups excluding carboxylic acids is 3. The summed E-state index contributed by atoms with van der Waals surface area (Å²) in [5.74, 6) is -1.53. The van der Waals surface area contributed by atoms with Crippen LogP contribution in [0.2, 0.25) is 0 Å². The van der Waals surface area contributed by atoms with Crippen LogP contribution in [-0.2, 0) is 16.1 Å². The number of amides is 3. The molecule has 31 heavy (non-hydrogen) atoms. The molecular formula is C22H22FN3O5. The molecule has 1 N–H and O–H groups in total. The van der Waals surface area contributed by atoms with Crippen LogP contribution in [0.15, 0.2) is 40.4 Å². The molecule has 4 rings (SSSR count). The predicted octanol–water partition coefficient (Wildman–Crippen LogP) is 3.29. The maximum Gasteiger partial charge on any atom is 0.373 e. The molecule has 162 valence electrons. The highest BCUT2D eigenvalue weighted by Gasteiger charge is 2.34. The second-order valence-electron chi connectivity index (χ2n) is 7.39. The average molecular weight is 427 g/mol. The van der Waals surface area contributed by atoms with Gasteiger partial charge in [-0.15, -0.1) is 0 Å². The third-order valence-electron chi connectivity index (χ3n) is 5.33. The number of ether oxygens (including phenoxy) is 1. The number of imide groups is 1. The highest BCUT2D eigenvalue weighted by molar-refractivity contribution is 6.13. The Morgan fingerprint density at radius 3 is 2.68 bits per heavy atom. The summed E-state index contributed by atoms with van der Waals surface area (Å²) in [5, 5.41) is 2.46. The zero-order chi connectivity index (χ0) is 22.0. The predicted molar refractivity (Wildman–Crippen MR) is 110 cm³/mol. The topological polar surface area (TPSA) is 92.1 Å². The van der Waals surface area contributed by atoms with Gasteiger partial charge in [0.25, 0.3) is 5.91 Å². The van der Waals surface area contributed by atoms with Gasteiger partial charge in [0.05, 0.1) is 13.7 Å². The number of rotatable bonds is 5. The molecule has 1 aromatic carbocycles. The molecular weight excluding hydrogens is 405 g/mol. The summed E-state index contributed by atoms with van der Waals surface area (Å²) in [7, 11) is 1.22. The number of nitrogens with zero attached hydrogens (tertiary/aromatic N) is 2. The molecule has 2 aliphatic rings. The van der Waals surface area contributed by atoms with E-state index in [1.807, 2.05) is 6.07 Å². The van der Waals surface area contributed by atoms with E-state index in [1.54, 1.807) is 6.07 Å². The van der Waals surface area contributed by atoms with Crippen molar-refractivity contribution in [3.05, 3.63) is 58.9 Å². The van der Waals surface area contributed by atoms with Gasteiger partial charge in [-0.05, 0) is 55.7 Å². The number of hydrogen-bond donors (Lipinski definition) is 1. The molecule has 2 aromatic rings. The number of urea groups is 1. The van der Waals surface area contributed by atoms with Gasteiger partial charge in [0.2, 0.25) is 5.76 Å². The number of hydrogen-bond acceptors (Lipinski definition) is 6. The minimum absolute atomic E-state index is 0.0313. The molecule has 8 nitrogen and oxygen atoms in total. The highest BCUT2D eigenvalue weighted by Crippen LogP contribution is 2.25. The van der Waals surface area contributed by atoms with Crippen molar-refractivity contribution in [2.24, 2.45) is 0 Å². The van der Waals surface area contributed by atoms with Crippen LogP contribution in [0, 0.1) is 5.82 Å². The molecule has 0 bridgehead atoms. The Hall–Kier alpha value is -3.62. The van der Waals surface area contributed by atoms with Gasteiger partial charge in [-0.3, -0.25) is 9.69 Å². The van der Waals surface area contributed by atoms with Crippen LogP contribution >= 0.6 is 0 Å². The Balaban J connectivity index is 1.49. The number of esters is 1. The largest absolute Gasteiger partial charge is 0.463 e. The second-order valence-corrected chi connectivity index (χ2v) is 7.39. The lowest BCUT2D eigenvalue weighted by Gasteiger charge is -2.28. The zero-order valence-electron chi connectivity index (χ0n) is 17.0. The number of nitrogens with one attached hydrogen (secondary N) is 1. The molecule has 0 unspecified atom stereocenters. The van der Waals surface area contributed by atoms with Gasteiger partial charge in [0.1, 0.15) is 17.3 Å². The van der Waals surface area contributed by atoms with Crippen molar-refractivity contribution in [1.29, 1.82) is 0 Å². The summed E-state index contributed by atoms with van der Waals surface area (Å²) in [6, 6.07) is 7.09. The molecule has 0 radical (unpaired) electrons. The first kappa shape index (κ1) is 20.6. The smallest absolute Gasteiger partial charge is 0.373 e. The van der Waals surface area contributed by atoms with Crippen LogP contribution in [0.1, 0.15) is 41.1 Å². The van der Waals surface area contributed by atoms with Crippen molar-refractivity contribution in [1.82, 2.24) is 10.2 Å². The van der Waals surface area contributed by atoms with Crippen molar-refractivity contribution in [3.8, 4) is 0 Å². The third kappa shape index (κ3) is 4.30. The lowest BCUT2D eigenvalue weighted by Crippen LogP contribution is -2.30. The van der Waals surface area contributed by atoms with E-state index in [2.05, 4.69) is 15.0 Å². The maximum absolute atomic E-state index is 14.7. The van der Waals surface area contributed by atoms with Gasteiger partial charge in [-0.25, -0.2) is 14.0 Å². The van der Waals surface area contributed by atoms with Crippen LogP contribution in [0.5, 0.6) is 0 Å². The lowest BCUT2D eigenvalue weighted by atomic mass is 10.1. The van der Waals surface area contributed by atoms with E-state index < -0.39 is 23.7 Å². The van der Waals surface area contributed by atoms with Gasteiger partial charge >= 0.3 is 12.0 Å². The number of methoxy groups -OCH3 is 1. The SMILES string of the molecule is COC(=O)c1ccc(CN2C(=O)NC(=Cc3ccc(N4CCCCC4)cc3F)C2=O)o1. The molecule has 3 heterocycles. The molecule has 0 saturated carbocycles. The van der Waals surface area contributed by atoms with Gasteiger partial charge in [-0.2, -0.15) is 0 Å². The average Bonchev–Trinajstić information content (AvgIpc) is 3.35. The van der Waals surface area contributed by atoms with Gasteiger partial charge in [-0.1, -0.05) is 0 Å². The van der Waals surface area contributed by atoms with E-state index in [9.17, 15) is 18.8 Å². The summed E-state index contributed by atoms with van der Waals surface area (Å²) >= 11 is 0. The van der Waals surface area contributed by atoms with Crippen molar-refractivity contribution in [3.63, 3.8) is 0 Å². The number of halogens is 1. The van der Waals surface area contributed by atoms with Gasteiger partial charge in [0.15, 0.2) is 0 Å². The molecule has 9 heteroatoms. The van der Waals surface area contributed by atoms with E-state index in [4.69, 9.17) is 4.42 Å². The Morgan fingerprint density at radius 1 is 1.19 bits per heavy atom. The normalized spacial score (nSPS) is 17.9. The molecule has 2 saturated heterocycles. The molecule has 0 spiro atoms. The van der Waals surface area contributed by atoms with Crippen LogP contribution < -0.4 is 10.2 Å². The fourth-order valence-corrected chi connectivity index (χ4v) is 3.68. The second kappa shape index (κ2) is 8.63. The third-order valence-corrected chi connectivity index (χ3v) is 5.33. The van der Waals surface area contributed by atoms with E-state index in [0.717, 1.165) is 36.5 Å². The summed E-state index contributed by atoms with van der Waals surface area (Å²) in [6.45, 7) is 1.62. The first-order chi connectivity index (χ1) is 15.0. The van der Waals surface area contributed by atoms with Crippen molar-refractivity contribution >= 4 is 29.7 Å². The minimum Gasteiger partial charge on any atom is -0.463 e. The van der Waals surface area contributed by atoms with Crippen LogP contribution in [0.25, 0.3) is 6.08 Å². The minimum atomic E-state index is -0.660. The summed E-state index contributed by atoms with van der Waals surface area (Å²) in [6.07, 6.45) is 4.67. The Labute approximate surface area is 178 Å². The van der Waals surface area contributed by atoms with Crippen molar-refractivity contribution in [2.45, 2.75) is 25.8 Å². The van der Waals surface area contributed by atoms with Crippen molar-refractivity contribution < 1.29 is 27.9 Å². The first-order valence-electron chi connectivity index (χ1n) is 10.0. The van der Waals surface area contributed by atoms with Gasteiger partial charge in [0, 0.05) is 24.3 Å². The van der Waals surface area contributed by atoms with Crippen LogP contribution in [0.3, 0.4) is 0 Å². The van der Waals surface area contributed by atoms with Crippen LogP contribution in [-0.4, -0.2) is 43.0 Å². The molecule has 0 aliphatic carbocycles. The fourth-order valence-electron chi connectivity index (χ4n) is 3.68. The summed E-state index contributed by atoms with van der Waals surface area (Å²) in [4.78, 5) is 39.5. The molecule has 1 aromatic heterocycles. The monoisotopic (exact) mass is 427 g/mol. The molecule has 2 fully saturated rings. The maximum atomic E-state index is 14.7. The van der Waals surface area contributed by atoms with Crippen molar-refractivity contribution in [2.75, 3.05) is 25.1 Å². The number of piperidine rings is 1. The standard InChI is InChI=1S/C22H22FN3O5/c1-30-21(28)19-8-7-16(31-19)13-26-20(27)18(24-22(26)29)11-14-5-6-15(12-17(14)23)25-9-3-2-4-10-25/h5-8,11-12H,2-4,9-10,13H2,1H3,(H,24,29). The van der Waals surface area contributed by atoms with E-state index in [1.165, 1.54) is 37.8 Å². The van der Waals surface area contributed by atoms with E-state index in [0.29, 0.717) is 0 Å². The fraction of sp³-hybridized carbons (Fsp3) is 0.318. The number of furan rings is 1. The van der Waals surface area contributed by atoms with E-state index >= 15 is 0 Å².